The largest absolute Gasteiger partial charge is 0.459 e. The van der Waals surface area contributed by atoms with Gasteiger partial charge in [0.25, 0.3) is 0 Å². The number of hydrogen-bond acceptors (Lipinski definition) is 3. The Morgan fingerprint density at radius 2 is 2.19 bits per heavy atom. The highest BCUT2D eigenvalue weighted by Gasteiger charge is 2.14. The van der Waals surface area contributed by atoms with Gasteiger partial charge in [0.2, 0.25) is 0 Å². The lowest BCUT2D eigenvalue weighted by Gasteiger charge is -2.13. The average Bonchev–Trinajstić information content (AvgIpc) is 2.92. The van der Waals surface area contributed by atoms with Gasteiger partial charge in [0.1, 0.15) is 11.3 Å². The minimum atomic E-state index is 0.177. The van der Waals surface area contributed by atoms with Crippen molar-refractivity contribution in [3.05, 3.63) is 65.1 Å². The summed E-state index contributed by atoms with van der Waals surface area (Å²) in [7, 11) is 1.95. The van der Waals surface area contributed by atoms with Crippen LogP contribution in [0.5, 0.6) is 0 Å². The topological polar surface area (TPSA) is 38.1 Å². The van der Waals surface area contributed by atoms with Crippen molar-refractivity contribution in [2.45, 2.75) is 18.9 Å². The fourth-order valence-corrected chi connectivity index (χ4v) is 2.67. The molecule has 3 nitrogen and oxygen atoms in total. The third kappa shape index (κ3) is 3.26. The summed E-state index contributed by atoms with van der Waals surface area (Å²) in [5.74, 6) is 0.943. The predicted octanol–water partition coefficient (Wildman–Crippen LogP) is 4.37. The average molecular weight is 301 g/mol. The van der Waals surface area contributed by atoms with E-state index < -0.39 is 0 Å². The number of aryl methyl sites for hydroxylation is 1. The van der Waals surface area contributed by atoms with Crippen LogP contribution in [-0.2, 0) is 6.42 Å². The van der Waals surface area contributed by atoms with E-state index >= 15 is 0 Å². The van der Waals surface area contributed by atoms with Crippen LogP contribution in [0.3, 0.4) is 0 Å². The van der Waals surface area contributed by atoms with Gasteiger partial charge in [-0.2, -0.15) is 0 Å². The number of aromatic nitrogens is 1. The molecule has 3 aromatic rings. The molecule has 1 atom stereocenters. The maximum absolute atomic E-state index is 6.02. The van der Waals surface area contributed by atoms with Crippen molar-refractivity contribution in [2.75, 3.05) is 7.05 Å². The lowest BCUT2D eigenvalue weighted by Crippen LogP contribution is -2.16. The molecule has 0 radical (unpaired) electrons. The Kier molecular flexibility index (Phi) is 4.23. The van der Waals surface area contributed by atoms with Crippen LogP contribution in [0.15, 0.2) is 53.2 Å². The van der Waals surface area contributed by atoms with Crippen molar-refractivity contribution >= 4 is 22.6 Å². The molecule has 0 bridgehead atoms. The molecular weight excluding hydrogens is 284 g/mol. The third-order valence-electron chi connectivity index (χ3n) is 3.63. The fraction of sp³-hybridized carbons (Fsp3) is 0.235. The van der Waals surface area contributed by atoms with Crippen LogP contribution in [0, 0.1) is 0 Å². The highest BCUT2D eigenvalue weighted by Crippen LogP contribution is 2.28. The Morgan fingerprint density at radius 1 is 1.29 bits per heavy atom. The predicted molar refractivity (Wildman–Crippen MR) is 85.6 cm³/mol. The third-order valence-corrected chi connectivity index (χ3v) is 3.87. The van der Waals surface area contributed by atoms with E-state index in [2.05, 4.69) is 22.4 Å². The van der Waals surface area contributed by atoms with Gasteiger partial charge in [0.15, 0.2) is 0 Å². The van der Waals surface area contributed by atoms with E-state index in [0.29, 0.717) is 0 Å². The molecule has 0 saturated carbocycles. The van der Waals surface area contributed by atoms with Crippen LogP contribution in [-0.4, -0.2) is 12.0 Å². The minimum absolute atomic E-state index is 0.177. The van der Waals surface area contributed by atoms with E-state index in [1.54, 1.807) is 6.20 Å². The van der Waals surface area contributed by atoms with Crippen LogP contribution >= 0.6 is 11.6 Å². The lowest BCUT2D eigenvalue weighted by atomic mass is 10.0. The molecule has 2 aromatic heterocycles. The van der Waals surface area contributed by atoms with Gasteiger partial charge in [-0.1, -0.05) is 17.7 Å². The van der Waals surface area contributed by atoms with E-state index in [1.165, 1.54) is 5.56 Å². The summed E-state index contributed by atoms with van der Waals surface area (Å²) in [5, 5.41) is 5.09. The molecule has 0 fully saturated rings. The fourth-order valence-electron chi connectivity index (χ4n) is 2.49. The van der Waals surface area contributed by atoms with Crippen LogP contribution in [0.1, 0.15) is 23.8 Å². The zero-order valence-electron chi connectivity index (χ0n) is 11.8. The number of hydrogen-bond donors (Lipinski definition) is 1. The van der Waals surface area contributed by atoms with Crippen molar-refractivity contribution in [2.24, 2.45) is 0 Å². The molecule has 0 aliphatic rings. The molecule has 108 valence electrons. The molecule has 2 heterocycles. The Bertz CT molecular complexity index is 724. The van der Waals surface area contributed by atoms with E-state index in [9.17, 15) is 0 Å². The van der Waals surface area contributed by atoms with Gasteiger partial charge in [-0.3, -0.25) is 4.98 Å². The minimum Gasteiger partial charge on any atom is -0.459 e. The maximum Gasteiger partial charge on any atom is 0.134 e. The molecule has 0 amide bonds. The standard InChI is InChI=1S/C17H17ClN2O/c1-19-15(6-4-12-3-2-8-20-11-12)17-10-13-9-14(18)5-7-16(13)21-17/h2-3,5,7-11,15,19H,4,6H2,1H3. The van der Waals surface area contributed by atoms with Crippen LogP contribution in [0.2, 0.25) is 5.02 Å². The molecule has 1 unspecified atom stereocenters. The summed E-state index contributed by atoms with van der Waals surface area (Å²) in [5.41, 5.74) is 2.10. The normalized spacial score (nSPS) is 12.7. The molecule has 1 aromatic carbocycles. The van der Waals surface area contributed by atoms with Crippen LogP contribution in [0.25, 0.3) is 11.0 Å². The summed E-state index contributed by atoms with van der Waals surface area (Å²) >= 11 is 6.02. The van der Waals surface area contributed by atoms with Gasteiger partial charge in [-0.05, 0) is 55.8 Å². The van der Waals surface area contributed by atoms with Crippen LogP contribution in [0.4, 0.5) is 0 Å². The zero-order chi connectivity index (χ0) is 14.7. The number of nitrogens with zero attached hydrogens (tertiary/aromatic N) is 1. The molecule has 3 rings (SSSR count). The van der Waals surface area contributed by atoms with Gasteiger partial charge in [0, 0.05) is 22.8 Å². The van der Waals surface area contributed by atoms with E-state index in [0.717, 1.165) is 34.6 Å². The number of halogens is 1. The van der Waals surface area contributed by atoms with E-state index in [4.69, 9.17) is 16.0 Å². The zero-order valence-corrected chi connectivity index (χ0v) is 12.6. The first kappa shape index (κ1) is 14.1. The van der Waals surface area contributed by atoms with Crippen molar-refractivity contribution < 1.29 is 4.42 Å². The smallest absolute Gasteiger partial charge is 0.134 e. The highest BCUT2D eigenvalue weighted by atomic mass is 35.5. The highest BCUT2D eigenvalue weighted by molar-refractivity contribution is 6.31. The quantitative estimate of drug-likeness (QED) is 0.760. The molecule has 4 heteroatoms. The lowest BCUT2D eigenvalue weighted by molar-refractivity contribution is 0.433. The summed E-state index contributed by atoms with van der Waals surface area (Å²) in [6.45, 7) is 0. The molecule has 21 heavy (non-hydrogen) atoms. The second-order valence-electron chi connectivity index (χ2n) is 5.07. The van der Waals surface area contributed by atoms with E-state index in [-0.39, 0.29) is 6.04 Å². The second kappa shape index (κ2) is 6.29. The number of pyridine rings is 1. The SMILES string of the molecule is CNC(CCc1cccnc1)c1cc2cc(Cl)ccc2o1. The molecule has 0 spiro atoms. The number of rotatable bonds is 5. The first-order chi connectivity index (χ1) is 10.3. The number of nitrogens with one attached hydrogen (secondary N) is 1. The van der Waals surface area contributed by atoms with Gasteiger partial charge >= 0.3 is 0 Å². The summed E-state index contributed by atoms with van der Waals surface area (Å²) < 4.78 is 5.93. The van der Waals surface area contributed by atoms with Crippen LogP contribution < -0.4 is 5.32 Å². The van der Waals surface area contributed by atoms with Gasteiger partial charge in [-0.15, -0.1) is 0 Å². The van der Waals surface area contributed by atoms with Gasteiger partial charge in [-0.25, -0.2) is 0 Å². The number of furan rings is 1. The summed E-state index contributed by atoms with van der Waals surface area (Å²) in [4.78, 5) is 4.15. The number of benzene rings is 1. The second-order valence-corrected chi connectivity index (χ2v) is 5.51. The Labute approximate surface area is 128 Å². The molecule has 0 saturated heterocycles. The van der Waals surface area contributed by atoms with Crippen molar-refractivity contribution in [1.82, 2.24) is 10.3 Å². The maximum atomic E-state index is 6.02. The van der Waals surface area contributed by atoms with Crippen molar-refractivity contribution in [1.29, 1.82) is 0 Å². The Morgan fingerprint density at radius 3 is 2.95 bits per heavy atom. The Balaban J connectivity index is 1.78. The first-order valence-corrected chi connectivity index (χ1v) is 7.39. The van der Waals surface area contributed by atoms with Gasteiger partial charge < -0.3 is 9.73 Å². The molecular formula is C17H17ClN2O. The van der Waals surface area contributed by atoms with E-state index in [1.807, 2.05) is 37.5 Å². The Hall–Kier alpha value is -1.84. The number of fused-ring (bicyclic) bond motifs is 1. The molecule has 1 N–H and O–H groups in total. The molecule has 0 aliphatic heterocycles. The summed E-state index contributed by atoms with van der Waals surface area (Å²) in [6.07, 6.45) is 5.61. The summed E-state index contributed by atoms with van der Waals surface area (Å²) in [6, 6.07) is 12.0. The monoisotopic (exact) mass is 300 g/mol. The van der Waals surface area contributed by atoms with Gasteiger partial charge in [0.05, 0.1) is 6.04 Å². The molecule has 0 aliphatic carbocycles. The first-order valence-electron chi connectivity index (χ1n) is 7.01. The van der Waals surface area contributed by atoms with Crippen molar-refractivity contribution in [3.8, 4) is 0 Å². The van der Waals surface area contributed by atoms with Crippen molar-refractivity contribution in [3.63, 3.8) is 0 Å².